The molecule has 0 aliphatic heterocycles. The van der Waals surface area contributed by atoms with Gasteiger partial charge in [0.25, 0.3) is 11.4 Å². The predicted octanol–water partition coefficient (Wildman–Crippen LogP) is -3.92. The van der Waals surface area contributed by atoms with Gasteiger partial charge in [-0.1, -0.05) is 42.5 Å². The van der Waals surface area contributed by atoms with Crippen molar-refractivity contribution in [3.05, 3.63) is 117 Å². The molecule has 0 heterocycles. The van der Waals surface area contributed by atoms with Crippen molar-refractivity contribution >= 4 is 87.4 Å². The number of nitrogens with one attached hydrogen (secondary N) is 1. The fourth-order valence-corrected chi connectivity index (χ4v) is 6.83. The van der Waals surface area contributed by atoms with Crippen LogP contribution in [0.25, 0.3) is 22.9 Å². The smallest absolute Gasteiger partial charge is 0.744 e. The van der Waals surface area contributed by atoms with Crippen molar-refractivity contribution in [2.45, 2.75) is 14.7 Å². The summed E-state index contributed by atoms with van der Waals surface area (Å²) in [6.07, 6.45) is 1.97. The van der Waals surface area contributed by atoms with Gasteiger partial charge in [-0.25, -0.2) is 25.3 Å². The number of nitroso groups, excluding NO2 is 1. The summed E-state index contributed by atoms with van der Waals surface area (Å²) in [4.78, 5) is 21.0. The Morgan fingerprint density at radius 2 is 1.11 bits per heavy atom. The first kappa shape index (κ1) is 47.2. The SMILES string of the molecule is Nc1cc([N+](=O)Nc2ccc(/C=C/c3ccc([N+](=O)[O-])cc3S(=O)(=O)[O-])c(S(=O)(=O)[O-])c2)ccc1N=Nc1cccc2c(S(=O)(=O)[O-])cccc12.[Na+].[Na+].[Na+]. The molecule has 0 saturated heterocycles. The summed E-state index contributed by atoms with van der Waals surface area (Å²) in [7, 11) is -15.2. The van der Waals surface area contributed by atoms with Gasteiger partial charge >= 0.3 is 88.7 Å². The molecule has 0 saturated carbocycles. The Morgan fingerprint density at radius 1 is 0.593 bits per heavy atom. The van der Waals surface area contributed by atoms with E-state index in [4.69, 9.17) is 5.73 Å². The molecular formula is C30H20N6Na3O12S3+. The van der Waals surface area contributed by atoms with Crippen LogP contribution in [0.2, 0.25) is 0 Å². The zero-order valence-electron chi connectivity index (χ0n) is 28.3. The number of azo groups is 1. The van der Waals surface area contributed by atoms with E-state index in [2.05, 4.69) is 15.7 Å². The average molecular weight is 822 g/mol. The van der Waals surface area contributed by atoms with Crippen LogP contribution in [0.4, 0.5) is 34.1 Å². The van der Waals surface area contributed by atoms with Crippen LogP contribution in [-0.2, 0) is 30.4 Å². The van der Waals surface area contributed by atoms with E-state index in [9.17, 15) is 53.9 Å². The van der Waals surface area contributed by atoms with Crippen molar-refractivity contribution in [1.29, 1.82) is 0 Å². The monoisotopic (exact) mass is 821 g/mol. The number of hydrogen-bond donors (Lipinski definition) is 2. The second-order valence-electron chi connectivity index (χ2n) is 10.4. The third-order valence-electron chi connectivity index (χ3n) is 7.07. The second-order valence-corrected chi connectivity index (χ2v) is 14.4. The third-order valence-corrected chi connectivity index (χ3v) is 9.75. The third kappa shape index (κ3) is 11.3. The van der Waals surface area contributed by atoms with Crippen LogP contribution in [0, 0.1) is 15.0 Å². The van der Waals surface area contributed by atoms with Crippen LogP contribution in [0.1, 0.15) is 11.1 Å². The molecule has 0 bridgehead atoms. The van der Waals surface area contributed by atoms with Crippen molar-refractivity contribution in [2.24, 2.45) is 10.2 Å². The molecule has 0 aromatic heterocycles. The summed E-state index contributed by atoms with van der Waals surface area (Å²) in [6.45, 7) is 0. The molecule has 0 unspecified atom stereocenters. The number of benzene rings is 5. The Labute approximate surface area is 373 Å². The van der Waals surface area contributed by atoms with Crippen LogP contribution in [0.3, 0.4) is 0 Å². The molecular weight excluding hydrogens is 802 g/mol. The number of nitrogens with zero attached hydrogens (tertiary/aromatic N) is 4. The summed E-state index contributed by atoms with van der Waals surface area (Å²) in [5, 5.41) is 19.7. The Bertz CT molecular complexity index is 2680. The molecule has 3 N–H and O–H groups in total. The van der Waals surface area contributed by atoms with Gasteiger partial charge in [0.2, 0.25) is 0 Å². The Hall–Kier alpha value is -2.97. The molecule has 0 amide bonds. The second kappa shape index (κ2) is 18.8. The van der Waals surface area contributed by atoms with Crippen LogP contribution in [0.5, 0.6) is 0 Å². The minimum atomic E-state index is -5.20. The van der Waals surface area contributed by atoms with Crippen LogP contribution in [0.15, 0.2) is 116 Å². The number of nitro benzene ring substituents is 1. The van der Waals surface area contributed by atoms with E-state index in [0.717, 1.165) is 36.4 Å². The molecule has 0 fully saturated rings. The summed E-state index contributed by atoms with van der Waals surface area (Å²) >= 11 is 0. The molecule has 0 spiro atoms. The first-order valence-electron chi connectivity index (χ1n) is 13.9. The van der Waals surface area contributed by atoms with Gasteiger partial charge in [0.15, 0.2) is 4.87 Å². The molecule has 18 nitrogen and oxygen atoms in total. The van der Waals surface area contributed by atoms with Crippen molar-refractivity contribution in [3.8, 4) is 0 Å². The van der Waals surface area contributed by atoms with Gasteiger partial charge in [-0.3, -0.25) is 10.1 Å². The maximum atomic E-state index is 12.9. The van der Waals surface area contributed by atoms with Crippen molar-refractivity contribution in [1.82, 2.24) is 0 Å². The average Bonchev–Trinajstić information content (AvgIpc) is 3.05. The summed E-state index contributed by atoms with van der Waals surface area (Å²) < 4.78 is 106. The normalized spacial score (nSPS) is 11.8. The first-order chi connectivity index (χ1) is 23.8. The molecule has 5 aromatic rings. The fraction of sp³-hybridized carbons (Fsp3) is 0. The molecule has 5 rings (SSSR count). The largest absolute Gasteiger partial charge is 1.00 e. The van der Waals surface area contributed by atoms with Gasteiger partial charge in [0, 0.05) is 35.0 Å². The predicted molar refractivity (Wildman–Crippen MR) is 178 cm³/mol. The van der Waals surface area contributed by atoms with Crippen LogP contribution < -0.4 is 99.8 Å². The van der Waals surface area contributed by atoms with Gasteiger partial charge in [-0.15, -0.1) is 15.7 Å². The molecule has 24 heteroatoms. The number of nitro groups is 1. The molecule has 262 valence electrons. The van der Waals surface area contributed by atoms with E-state index in [1.165, 1.54) is 54.6 Å². The Morgan fingerprint density at radius 3 is 1.69 bits per heavy atom. The molecule has 0 aliphatic rings. The topological polar surface area (TPSA) is 298 Å². The molecule has 0 radical (unpaired) electrons. The van der Waals surface area contributed by atoms with Crippen molar-refractivity contribution in [2.75, 3.05) is 11.2 Å². The standard InChI is InChI=1S/C30H22N6O12S3.3Na/c31-25-16-21(13-14-27(25)33-32-26-5-1-4-24-23(26)3-2-6-28(24)49(40,41)42)35(37)34-20-11-9-18(29(15-20)50(43,44)45)7-8-19-10-12-22(36(38)39)17-30(19)51(46,47)48;;;/h1-17H,31H2,(H3-,34,37,40,41,42,43,44,45,46,47,48);;;/q;3*+1/p-2/b8-7+,33-32?;;;. The van der Waals surface area contributed by atoms with E-state index in [-0.39, 0.29) is 138 Å². The zero-order valence-corrected chi connectivity index (χ0v) is 36.8. The number of non-ortho nitro benzene ring substituents is 1. The minimum absolute atomic E-state index is 0. The fourth-order valence-electron chi connectivity index (χ4n) is 4.75. The number of hydrazine groups is 1. The first-order valence-corrected chi connectivity index (χ1v) is 18.1. The number of rotatable bonds is 11. The Kier molecular flexibility index (Phi) is 16.4. The number of nitrogens with two attached hydrogens (primary N) is 1. The number of nitrogen functional groups attached to an aromatic ring is 1. The van der Waals surface area contributed by atoms with Crippen LogP contribution in [-0.4, -0.2) is 48.7 Å². The number of fused-ring (bicyclic) bond motifs is 1. The van der Waals surface area contributed by atoms with E-state index < -0.39 is 55.7 Å². The minimum Gasteiger partial charge on any atom is -0.744 e. The van der Waals surface area contributed by atoms with Crippen molar-refractivity contribution in [3.63, 3.8) is 0 Å². The molecule has 0 aliphatic carbocycles. The molecule has 0 atom stereocenters. The van der Waals surface area contributed by atoms with Crippen molar-refractivity contribution < 1.29 is 137 Å². The Balaban J connectivity index is 0.00000336. The van der Waals surface area contributed by atoms with E-state index in [1.54, 1.807) is 6.07 Å². The van der Waals surface area contributed by atoms with Gasteiger partial charge in [0.1, 0.15) is 41.7 Å². The van der Waals surface area contributed by atoms with E-state index >= 15 is 0 Å². The number of anilines is 2. The van der Waals surface area contributed by atoms with Gasteiger partial charge in [-0.05, 0) is 47.5 Å². The quantitative estimate of drug-likeness (QED) is 0.0188. The van der Waals surface area contributed by atoms with Gasteiger partial charge < -0.3 is 19.4 Å². The maximum absolute atomic E-state index is 12.9. The summed E-state index contributed by atoms with van der Waals surface area (Å²) in [6, 6.07) is 17.9. The summed E-state index contributed by atoms with van der Waals surface area (Å²) in [5.41, 5.74) is 7.17. The molecule has 5 aromatic carbocycles. The summed E-state index contributed by atoms with van der Waals surface area (Å²) in [5.74, 6) is 0. The zero-order chi connectivity index (χ0) is 37.3. The number of hydrogen-bond acceptors (Lipinski definition) is 15. The van der Waals surface area contributed by atoms with E-state index in [0.29, 0.717) is 11.5 Å². The molecule has 54 heavy (non-hydrogen) atoms. The van der Waals surface area contributed by atoms with E-state index in [1.807, 2.05) is 0 Å². The van der Waals surface area contributed by atoms with Gasteiger partial charge in [0.05, 0.1) is 35.9 Å². The van der Waals surface area contributed by atoms with Crippen LogP contribution >= 0.6 is 0 Å². The van der Waals surface area contributed by atoms with Gasteiger partial charge in [-0.2, -0.15) is 0 Å². The maximum Gasteiger partial charge on any atom is 1.00 e.